The molecule has 36 heavy (non-hydrogen) atoms. The normalized spacial score (nSPS) is 14.9. The Bertz CT molecular complexity index is 955. The number of aliphatic carboxylic acids is 1. The molecule has 1 rings (SSSR count). The highest BCUT2D eigenvalue weighted by Gasteiger charge is 2.32. The summed E-state index contributed by atoms with van der Waals surface area (Å²) in [5.41, 5.74) is 16.3. The number of nitrogens with two attached hydrogens (primary N) is 3. The topological polar surface area (TPSA) is 257 Å². The highest BCUT2D eigenvalue weighted by molar-refractivity contribution is 5.95. The van der Waals surface area contributed by atoms with Crippen molar-refractivity contribution in [1.82, 2.24) is 16.0 Å². The summed E-state index contributed by atoms with van der Waals surface area (Å²) in [7, 11) is 0. The molecule has 0 fully saturated rings. The van der Waals surface area contributed by atoms with Crippen LogP contribution in [0.4, 0.5) is 0 Å². The van der Waals surface area contributed by atoms with Gasteiger partial charge in [0.05, 0.1) is 18.6 Å². The van der Waals surface area contributed by atoms with Crippen molar-refractivity contribution in [2.75, 3.05) is 0 Å². The second kappa shape index (κ2) is 14.4. The summed E-state index contributed by atoms with van der Waals surface area (Å²) in [5, 5.41) is 26.3. The van der Waals surface area contributed by atoms with Gasteiger partial charge in [-0.15, -0.1) is 0 Å². The Kier molecular flexibility index (Phi) is 12.0. The molecule has 5 atom stereocenters. The first-order chi connectivity index (χ1) is 16.8. The lowest BCUT2D eigenvalue weighted by Gasteiger charge is -2.26. The second-order valence-electron chi connectivity index (χ2n) is 8.16. The molecule has 0 aliphatic heterocycles. The number of aliphatic hydroxyl groups is 1. The van der Waals surface area contributed by atoms with E-state index < -0.39 is 72.2 Å². The average Bonchev–Trinajstić information content (AvgIpc) is 2.78. The maximum atomic E-state index is 13.0. The highest BCUT2D eigenvalue weighted by Crippen LogP contribution is 2.07. The number of carbonyl (C=O) groups is 6. The largest absolute Gasteiger partial charge is 0.480 e. The molecule has 5 amide bonds. The van der Waals surface area contributed by atoms with Crippen LogP contribution in [0.1, 0.15) is 31.7 Å². The summed E-state index contributed by atoms with van der Waals surface area (Å²) in [6, 6.07) is 2.74. The molecule has 0 saturated heterocycles. The molecule has 198 valence electrons. The Labute approximate surface area is 206 Å². The molecular weight excluding hydrogens is 476 g/mol. The van der Waals surface area contributed by atoms with Crippen molar-refractivity contribution in [2.24, 2.45) is 17.2 Å². The van der Waals surface area contributed by atoms with E-state index in [1.807, 2.05) is 0 Å². The summed E-state index contributed by atoms with van der Waals surface area (Å²) >= 11 is 0. The maximum Gasteiger partial charge on any atom is 0.326 e. The third-order valence-electron chi connectivity index (χ3n) is 5.03. The van der Waals surface area contributed by atoms with Gasteiger partial charge >= 0.3 is 5.97 Å². The molecule has 0 bridgehead atoms. The van der Waals surface area contributed by atoms with Crippen molar-refractivity contribution in [3.63, 3.8) is 0 Å². The Balaban J connectivity index is 3.09. The van der Waals surface area contributed by atoms with Gasteiger partial charge in [-0.3, -0.25) is 24.0 Å². The number of amides is 5. The Morgan fingerprint density at radius 2 is 1.44 bits per heavy atom. The van der Waals surface area contributed by atoms with Crippen LogP contribution in [0, 0.1) is 0 Å². The van der Waals surface area contributed by atoms with Gasteiger partial charge in [0.1, 0.15) is 18.1 Å². The van der Waals surface area contributed by atoms with Crippen molar-refractivity contribution < 1.29 is 39.0 Å². The summed E-state index contributed by atoms with van der Waals surface area (Å²) in [6.07, 6.45) is -2.57. The van der Waals surface area contributed by atoms with E-state index in [2.05, 4.69) is 16.0 Å². The van der Waals surface area contributed by atoms with Crippen LogP contribution in [-0.2, 0) is 35.2 Å². The van der Waals surface area contributed by atoms with Crippen LogP contribution in [0.3, 0.4) is 0 Å². The van der Waals surface area contributed by atoms with Crippen LogP contribution in [-0.4, -0.2) is 76.0 Å². The minimum absolute atomic E-state index is 0.0672. The molecule has 0 aliphatic carbocycles. The molecule has 0 radical (unpaired) electrons. The smallest absolute Gasteiger partial charge is 0.326 e. The van der Waals surface area contributed by atoms with Crippen LogP contribution in [0.5, 0.6) is 0 Å². The first-order valence-electron chi connectivity index (χ1n) is 11.0. The lowest BCUT2D eigenvalue weighted by Crippen LogP contribution is -2.60. The van der Waals surface area contributed by atoms with Gasteiger partial charge in [-0.25, -0.2) is 4.79 Å². The molecule has 0 saturated carbocycles. The molecule has 1 aromatic rings. The fourth-order valence-electron chi connectivity index (χ4n) is 3.11. The molecule has 0 aliphatic rings. The molecule has 0 spiro atoms. The van der Waals surface area contributed by atoms with Crippen LogP contribution in [0.2, 0.25) is 0 Å². The number of hydrogen-bond donors (Lipinski definition) is 8. The van der Waals surface area contributed by atoms with E-state index in [1.165, 1.54) is 6.92 Å². The molecule has 1 aromatic carbocycles. The fraction of sp³-hybridized carbons (Fsp3) is 0.455. The molecular formula is C22H32N6O8. The summed E-state index contributed by atoms with van der Waals surface area (Å²) in [4.78, 5) is 71.7. The van der Waals surface area contributed by atoms with Crippen molar-refractivity contribution in [3.8, 4) is 0 Å². The van der Waals surface area contributed by atoms with Crippen LogP contribution < -0.4 is 33.2 Å². The van der Waals surface area contributed by atoms with E-state index in [9.17, 15) is 39.0 Å². The second-order valence-corrected chi connectivity index (χ2v) is 8.16. The van der Waals surface area contributed by atoms with Crippen molar-refractivity contribution in [3.05, 3.63) is 35.9 Å². The third-order valence-corrected chi connectivity index (χ3v) is 5.03. The average molecular weight is 509 g/mol. The van der Waals surface area contributed by atoms with Crippen molar-refractivity contribution in [2.45, 2.75) is 62.9 Å². The predicted octanol–water partition coefficient (Wildman–Crippen LogP) is -3.38. The first kappa shape index (κ1) is 30.0. The van der Waals surface area contributed by atoms with Crippen LogP contribution >= 0.6 is 0 Å². The van der Waals surface area contributed by atoms with Gasteiger partial charge in [-0.05, 0) is 18.9 Å². The number of aliphatic hydroxyl groups excluding tert-OH is 1. The van der Waals surface area contributed by atoms with Crippen molar-refractivity contribution in [1.29, 1.82) is 0 Å². The molecule has 0 heterocycles. The van der Waals surface area contributed by atoms with E-state index in [4.69, 9.17) is 17.2 Å². The number of nitrogens with one attached hydrogen (secondary N) is 3. The Morgan fingerprint density at radius 3 is 1.94 bits per heavy atom. The molecule has 11 N–H and O–H groups in total. The first-order valence-corrected chi connectivity index (χ1v) is 11.0. The van der Waals surface area contributed by atoms with E-state index in [1.54, 1.807) is 30.3 Å². The number of primary amides is 2. The zero-order valence-corrected chi connectivity index (χ0v) is 19.7. The summed E-state index contributed by atoms with van der Waals surface area (Å²) in [6.45, 7) is 1.21. The summed E-state index contributed by atoms with van der Waals surface area (Å²) < 4.78 is 0. The highest BCUT2D eigenvalue weighted by atomic mass is 16.4. The number of carbonyl (C=O) groups excluding carboxylic acids is 5. The van der Waals surface area contributed by atoms with Crippen LogP contribution in [0.15, 0.2) is 30.3 Å². The molecule has 5 unspecified atom stereocenters. The van der Waals surface area contributed by atoms with Crippen molar-refractivity contribution >= 4 is 35.5 Å². The zero-order chi connectivity index (χ0) is 27.4. The molecule has 0 aromatic heterocycles. The van der Waals surface area contributed by atoms with Gasteiger partial charge < -0.3 is 43.4 Å². The third kappa shape index (κ3) is 10.5. The monoisotopic (exact) mass is 508 g/mol. The Morgan fingerprint density at radius 1 is 0.861 bits per heavy atom. The number of carboxylic acids is 1. The van der Waals surface area contributed by atoms with Gasteiger partial charge in [-0.1, -0.05) is 30.3 Å². The molecule has 14 nitrogen and oxygen atoms in total. The van der Waals surface area contributed by atoms with Gasteiger partial charge in [-0.2, -0.15) is 0 Å². The van der Waals surface area contributed by atoms with E-state index in [-0.39, 0.29) is 19.3 Å². The quantitative estimate of drug-likeness (QED) is 0.117. The van der Waals surface area contributed by atoms with Crippen LogP contribution in [0.25, 0.3) is 0 Å². The standard InChI is InChI=1S/C22H32N6O8/c1-11(29)18(28-19(32)13(23)10-17(25)31)21(34)27-15(9-12-5-3-2-4-6-12)20(33)26-14(22(35)36)7-8-16(24)30/h2-6,11,13-15,18,29H,7-10,23H2,1H3,(H2,24,30)(H2,25,31)(H,26,33)(H,27,34)(H,28,32)(H,35,36). The van der Waals surface area contributed by atoms with E-state index >= 15 is 0 Å². The SMILES string of the molecule is CC(O)C(NC(=O)C(N)CC(N)=O)C(=O)NC(Cc1ccccc1)C(=O)NC(CCC(N)=O)C(=O)O. The molecule has 14 heteroatoms. The number of rotatable bonds is 15. The lowest BCUT2D eigenvalue weighted by atomic mass is 10.0. The van der Waals surface area contributed by atoms with E-state index in [0.717, 1.165) is 0 Å². The van der Waals surface area contributed by atoms with Gasteiger partial charge in [0.15, 0.2) is 0 Å². The van der Waals surface area contributed by atoms with E-state index in [0.29, 0.717) is 5.56 Å². The minimum Gasteiger partial charge on any atom is -0.480 e. The predicted molar refractivity (Wildman–Crippen MR) is 125 cm³/mol. The maximum absolute atomic E-state index is 13.0. The van der Waals surface area contributed by atoms with Gasteiger partial charge in [0.25, 0.3) is 0 Å². The number of carboxylic acid groups (broad SMARTS) is 1. The number of hydrogen-bond acceptors (Lipinski definition) is 8. The lowest BCUT2D eigenvalue weighted by molar-refractivity contribution is -0.142. The van der Waals surface area contributed by atoms with Gasteiger partial charge in [0.2, 0.25) is 29.5 Å². The fourth-order valence-corrected chi connectivity index (χ4v) is 3.11. The van der Waals surface area contributed by atoms with Gasteiger partial charge in [0, 0.05) is 12.8 Å². The Hall–Kier alpha value is -4.04. The minimum atomic E-state index is -1.56. The number of benzene rings is 1. The summed E-state index contributed by atoms with van der Waals surface area (Å²) in [5.74, 6) is -5.80. The zero-order valence-electron chi connectivity index (χ0n) is 19.7.